The van der Waals surface area contributed by atoms with Crippen LogP contribution in [0.1, 0.15) is 33.4 Å². The van der Waals surface area contributed by atoms with E-state index in [1.807, 2.05) is 0 Å². The van der Waals surface area contributed by atoms with E-state index in [0.29, 0.717) is 11.1 Å². The van der Waals surface area contributed by atoms with Gasteiger partial charge in [0.1, 0.15) is 4.92 Å². The number of carbonyl (C=O) groups is 2. The van der Waals surface area contributed by atoms with Crippen molar-refractivity contribution in [2.24, 2.45) is 0 Å². The molecule has 0 aliphatic carbocycles. The van der Waals surface area contributed by atoms with Crippen LogP contribution in [0.25, 0.3) is 0 Å². The van der Waals surface area contributed by atoms with Crippen molar-refractivity contribution >= 4 is 17.6 Å². The molecule has 1 heterocycles. The molecule has 0 atom stereocenters. The topological polar surface area (TPSA) is 102 Å². The van der Waals surface area contributed by atoms with Gasteiger partial charge in [-0.15, -0.1) is 0 Å². The zero-order valence-corrected chi connectivity index (χ0v) is 12.2. The van der Waals surface area contributed by atoms with Crippen molar-refractivity contribution in [3.8, 4) is 11.8 Å². The first-order valence-corrected chi connectivity index (χ1v) is 6.59. The SMILES string of the molecule is CC(=O)c1ccc(C#CCNC(=O)c2ccc([N+](=O)[O-])o2)cc1. The van der Waals surface area contributed by atoms with E-state index >= 15 is 0 Å². The average molecular weight is 312 g/mol. The summed E-state index contributed by atoms with van der Waals surface area (Å²) < 4.78 is 4.77. The van der Waals surface area contributed by atoms with Crippen LogP contribution in [0.2, 0.25) is 0 Å². The summed E-state index contributed by atoms with van der Waals surface area (Å²) in [7, 11) is 0. The van der Waals surface area contributed by atoms with Gasteiger partial charge >= 0.3 is 5.88 Å². The van der Waals surface area contributed by atoms with E-state index in [2.05, 4.69) is 17.2 Å². The lowest BCUT2D eigenvalue weighted by Crippen LogP contribution is -2.23. The molecule has 0 radical (unpaired) electrons. The van der Waals surface area contributed by atoms with Gasteiger partial charge < -0.3 is 9.73 Å². The lowest BCUT2D eigenvalue weighted by Gasteiger charge is -1.96. The predicted molar refractivity (Wildman–Crippen MR) is 81.0 cm³/mol. The van der Waals surface area contributed by atoms with E-state index in [1.54, 1.807) is 24.3 Å². The third kappa shape index (κ3) is 4.28. The molecular weight excluding hydrogens is 300 g/mol. The van der Waals surface area contributed by atoms with Gasteiger partial charge in [0.2, 0.25) is 0 Å². The molecule has 116 valence electrons. The largest absolute Gasteiger partial charge is 0.433 e. The lowest BCUT2D eigenvalue weighted by atomic mass is 10.1. The maximum Gasteiger partial charge on any atom is 0.433 e. The van der Waals surface area contributed by atoms with E-state index in [1.165, 1.54) is 13.0 Å². The maximum atomic E-state index is 11.7. The third-order valence-electron chi connectivity index (χ3n) is 2.86. The zero-order chi connectivity index (χ0) is 16.8. The molecule has 2 rings (SSSR count). The van der Waals surface area contributed by atoms with Gasteiger partial charge in [0.25, 0.3) is 5.91 Å². The first kappa shape index (κ1) is 16.0. The number of nitrogens with one attached hydrogen (secondary N) is 1. The van der Waals surface area contributed by atoms with Crippen molar-refractivity contribution in [1.82, 2.24) is 5.32 Å². The molecule has 0 saturated heterocycles. The monoisotopic (exact) mass is 312 g/mol. The minimum Gasteiger partial charge on any atom is -0.395 e. The maximum absolute atomic E-state index is 11.7. The fraction of sp³-hybridized carbons (Fsp3) is 0.125. The predicted octanol–water partition coefficient (Wildman–Crippen LogP) is 2.17. The molecule has 0 unspecified atom stereocenters. The van der Waals surface area contributed by atoms with Gasteiger partial charge in [0, 0.05) is 11.1 Å². The van der Waals surface area contributed by atoms with Crippen LogP contribution in [0.4, 0.5) is 5.88 Å². The smallest absolute Gasteiger partial charge is 0.395 e. The molecule has 0 bridgehead atoms. The summed E-state index contributed by atoms with van der Waals surface area (Å²) in [6, 6.07) is 9.10. The van der Waals surface area contributed by atoms with Crippen LogP contribution in [-0.4, -0.2) is 23.2 Å². The van der Waals surface area contributed by atoms with E-state index in [-0.39, 0.29) is 18.1 Å². The van der Waals surface area contributed by atoms with Crippen LogP contribution in [0.3, 0.4) is 0 Å². The number of amides is 1. The summed E-state index contributed by atoms with van der Waals surface area (Å²) in [6.45, 7) is 1.54. The van der Waals surface area contributed by atoms with Crippen LogP contribution in [-0.2, 0) is 0 Å². The van der Waals surface area contributed by atoms with Crippen LogP contribution in [0.5, 0.6) is 0 Å². The van der Waals surface area contributed by atoms with Gasteiger partial charge in [-0.3, -0.25) is 19.7 Å². The second kappa shape index (κ2) is 7.04. The summed E-state index contributed by atoms with van der Waals surface area (Å²) >= 11 is 0. The van der Waals surface area contributed by atoms with E-state index in [0.717, 1.165) is 6.07 Å². The van der Waals surface area contributed by atoms with Crippen LogP contribution in [0.15, 0.2) is 40.8 Å². The summed E-state index contributed by atoms with van der Waals surface area (Å²) in [4.78, 5) is 32.6. The number of ketones is 1. The molecule has 0 aliphatic rings. The molecule has 0 aliphatic heterocycles. The highest BCUT2D eigenvalue weighted by atomic mass is 16.6. The van der Waals surface area contributed by atoms with E-state index in [4.69, 9.17) is 4.42 Å². The normalized spacial score (nSPS) is 9.61. The average Bonchev–Trinajstić information content (AvgIpc) is 3.02. The van der Waals surface area contributed by atoms with Gasteiger partial charge in [0.05, 0.1) is 12.6 Å². The van der Waals surface area contributed by atoms with Crippen molar-refractivity contribution < 1.29 is 18.9 Å². The molecule has 1 aromatic carbocycles. The number of carbonyl (C=O) groups excluding carboxylic acids is 2. The Morgan fingerprint density at radius 2 is 1.91 bits per heavy atom. The van der Waals surface area contributed by atoms with E-state index in [9.17, 15) is 19.7 Å². The van der Waals surface area contributed by atoms with Crippen molar-refractivity contribution in [1.29, 1.82) is 0 Å². The Morgan fingerprint density at radius 3 is 2.48 bits per heavy atom. The number of benzene rings is 1. The number of hydrogen-bond donors (Lipinski definition) is 1. The molecule has 1 amide bonds. The van der Waals surface area contributed by atoms with Crippen molar-refractivity contribution in [3.05, 3.63) is 63.4 Å². The number of nitro groups is 1. The number of hydrogen-bond acceptors (Lipinski definition) is 5. The Hall–Kier alpha value is -3.40. The van der Waals surface area contributed by atoms with Crippen molar-refractivity contribution in [3.63, 3.8) is 0 Å². The molecule has 0 fully saturated rings. The number of rotatable bonds is 4. The zero-order valence-electron chi connectivity index (χ0n) is 12.2. The third-order valence-corrected chi connectivity index (χ3v) is 2.86. The lowest BCUT2D eigenvalue weighted by molar-refractivity contribution is -0.402. The van der Waals surface area contributed by atoms with Crippen LogP contribution >= 0.6 is 0 Å². The molecule has 0 spiro atoms. The number of Topliss-reactive ketones (excluding diaryl/α,β-unsaturated/α-hetero) is 1. The first-order chi connectivity index (χ1) is 11.0. The fourth-order valence-corrected chi connectivity index (χ4v) is 1.69. The second-order valence-corrected chi connectivity index (χ2v) is 4.51. The molecule has 7 heteroatoms. The van der Waals surface area contributed by atoms with E-state index < -0.39 is 16.7 Å². The molecule has 2 aromatic rings. The quantitative estimate of drug-likeness (QED) is 0.403. The van der Waals surface area contributed by atoms with Crippen LogP contribution in [0, 0.1) is 22.0 Å². The van der Waals surface area contributed by atoms with Crippen LogP contribution < -0.4 is 5.32 Å². The molecule has 1 aromatic heterocycles. The summed E-state index contributed by atoms with van der Waals surface area (Å²) in [5.41, 5.74) is 1.31. The molecular formula is C16H12N2O5. The number of furan rings is 1. The Balaban J connectivity index is 1.90. The molecule has 0 saturated carbocycles. The minimum absolute atomic E-state index is 0.0238. The Labute approximate surface area is 131 Å². The Kier molecular flexibility index (Phi) is 4.89. The van der Waals surface area contributed by atoms with Crippen molar-refractivity contribution in [2.45, 2.75) is 6.92 Å². The minimum atomic E-state index is -0.721. The Morgan fingerprint density at radius 1 is 1.22 bits per heavy atom. The molecule has 7 nitrogen and oxygen atoms in total. The van der Waals surface area contributed by atoms with Gasteiger partial charge in [0.15, 0.2) is 11.5 Å². The highest BCUT2D eigenvalue weighted by molar-refractivity contribution is 5.94. The van der Waals surface area contributed by atoms with Crippen molar-refractivity contribution in [2.75, 3.05) is 6.54 Å². The molecule has 1 N–H and O–H groups in total. The van der Waals surface area contributed by atoms with Gasteiger partial charge in [-0.1, -0.05) is 24.0 Å². The summed E-state index contributed by atoms with van der Waals surface area (Å²) in [6.07, 6.45) is 0. The summed E-state index contributed by atoms with van der Waals surface area (Å²) in [5, 5.41) is 12.9. The van der Waals surface area contributed by atoms with Gasteiger partial charge in [-0.25, -0.2) is 0 Å². The highest BCUT2D eigenvalue weighted by Gasteiger charge is 2.16. The first-order valence-electron chi connectivity index (χ1n) is 6.59. The van der Waals surface area contributed by atoms with Gasteiger partial charge in [-0.05, 0) is 25.1 Å². The standard InChI is InChI=1S/C16H12N2O5/c1-11(19)13-6-4-12(5-7-13)3-2-10-17-16(20)14-8-9-15(23-14)18(21)22/h4-9H,10H2,1H3,(H,17,20). The Bertz CT molecular complexity index is 809. The highest BCUT2D eigenvalue weighted by Crippen LogP contribution is 2.15. The van der Waals surface area contributed by atoms with Gasteiger partial charge in [-0.2, -0.15) is 0 Å². The fourth-order valence-electron chi connectivity index (χ4n) is 1.69. The molecule has 23 heavy (non-hydrogen) atoms. The second-order valence-electron chi connectivity index (χ2n) is 4.51. The summed E-state index contributed by atoms with van der Waals surface area (Å²) in [5.74, 6) is 4.31. The number of nitrogens with zero attached hydrogens (tertiary/aromatic N) is 1.